The number of carboxylic acid groups (broad SMARTS) is 2. The Morgan fingerprint density at radius 3 is 1.68 bits per heavy atom. The Morgan fingerprint density at radius 1 is 0.707 bits per heavy atom. The number of amides is 2. The molecule has 0 spiro atoms. The second-order valence-electron chi connectivity index (χ2n) is 10.5. The van der Waals surface area contributed by atoms with Gasteiger partial charge in [0.2, 0.25) is 11.8 Å². The molecule has 0 radical (unpaired) electrons. The van der Waals surface area contributed by atoms with Crippen molar-refractivity contribution in [2.75, 3.05) is 112 Å². The second kappa shape index (κ2) is 22.0. The molecule has 236 valence electrons. The van der Waals surface area contributed by atoms with E-state index < -0.39 is 11.9 Å². The minimum atomic E-state index is -0.950. The molecule has 4 N–H and O–H groups in total. The third kappa shape index (κ3) is 19.2. The first kappa shape index (κ1) is 36.4. The number of hydrogen-bond donors (Lipinski definition) is 4. The van der Waals surface area contributed by atoms with Crippen LogP contribution in [-0.4, -0.2) is 177 Å². The van der Waals surface area contributed by atoms with Crippen molar-refractivity contribution in [3.63, 3.8) is 0 Å². The van der Waals surface area contributed by atoms with E-state index in [1.54, 1.807) is 9.80 Å². The Bertz CT molecular complexity index is 770. The van der Waals surface area contributed by atoms with Crippen molar-refractivity contribution in [1.82, 2.24) is 35.1 Å². The predicted octanol–water partition coefficient (Wildman–Crippen LogP) is -1.68. The quantitative estimate of drug-likeness (QED) is 0.107. The van der Waals surface area contributed by atoms with E-state index in [2.05, 4.69) is 17.6 Å². The van der Waals surface area contributed by atoms with Crippen LogP contribution < -0.4 is 10.6 Å². The Balaban J connectivity index is 2.62. The summed E-state index contributed by atoms with van der Waals surface area (Å²) in [5.74, 6) is -2.05. The lowest BCUT2D eigenvalue weighted by Crippen LogP contribution is -2.49. The monoisotopic (exact) mass is 585 g/mol. The minimum Gasteiger partial charge on any atom is -0.480 e. The van der Waals surface area contributed by atoms with Crippen molar-refractivity contribution in [3.8, 4) is 0 Å². The minimum absolute atomic E-state index is 0.0256. The molecule has 0 saturated carbocycles. The van der Waals surface area contributed by atoms with Crippen molar-refractivity contribution in [2.45, 2.75) is 32.6 Å². The Kier molecular flexibility index (Phi) is 19.5. The summed E-state index contributed by atoms with van der Waals surface area (Å²) in [5.41, 5.74) is 0. The summed E-state index contributed by atoms with van der Waals surface area (Å²) in [7, 11) is 1.90. The van der Waals surface area contributed by atoms with Crippen LogP contribution in [0, 0.1) is 0 Å². The fourth-order valence-corrected chi connectivity index (χ4v) is 4.46. The van der Waals surface area contributed by atoms with E-state index in [1.807, 2.05) is 21.7 Å². The number of likely N-dealkylation sites (N-methyl/N-ethyl adjacent to an activating group) is 1. The van der Waals surface area contributed by atoms with Gasteiger partial charge in [-0.15, -0.1) is 0 Å². The molecule has 1 saturated heterocycles. The molecule has 0 aliphatic carbocycles. The molecule has 1 aliphatic heterocycles. The summed E-state index contributed by atoms with van der Waals surface area (Å²) >= 11 is 0. The summed E-state index contributed by atoms with van der Waals surface area (Å²) in [5, 5.41) is 24.5. The number of rotatable bonds is 18. The average molecular weight is 586 g/mol. The van der Waals surface area contributed by atoms with E-state index >= 15 is 0 Å². The molecule has 0 aromatic rings. The molecule has 0 aromatic heterocycles. The molecule has 41 heavy (non-hydrogen) atoms. The van der Waals surface area contributed by atoms with Crippen molar-refractivity contribution in [2.24, 2.45) is 0 Å². The van der Waals surface area contributed by atoms with Gasteiger partial charge in [-0.3, -0.25) is 38.8 Å². The van der Waals surface area contributed by atoms with Crippen LogP contribution in [0.1, 0.15) is 32.6 Å². The average Bonchev–Trinajstić information content (AvgIpc) is 2.90. The van der Waals surface area contributed by atoms with Gasteiger partial charge in [0.1, 0.15) is 6.29 Å². The fourth-order valence-electron chi connectivity index (χ4n) is 4.46. The highest BCUT2D eigenvalue weighted by Gasteiger charge is 2.20. The second-order valence-corrected chi connectivity index (χ2v) is 10.5. The molecule has 0 bridgehead atoms. The zero-order valence-electron chi connectivity index (χ0n) is 24.9. The first-order valence-corrected chi connectivity index (χ1v) is 14.6. The summed E-state index contributed by atoms with van der Waals surface area (Å²) in [6.45, 7) is 7.91. The number of nitrogens with zero attached hydrogens (tertiary/aromatic N) is 5. The van der Waals surface area contributed by atoms with Gasteiger partial charge in [-0.1, -0.05) is 19.8 Å². The lowest BCUT2D eigenvalue weighted by Gasteiger charge is -2.32. The smallest absolute Gasteiger partial charge is 0.317 e. The number of aldehydes is 1. The van der Waals surface area contributed by atoms with E-state index in [1.165, 1.54) is 0 Å². The SMILES string of the molecule is CCCCCNC(=O)CCN(C)CCNC(=O)CN1CCN(CC(=O)O)CCN(CC=O)CCN(CC(=O)O)CC1. The summed E-state index contributed by atoms with van der Waals surface area (Å²) < 4.78 is 0. The lowest BCUT2D eigenvalue weighted by molar-refractivity contribution is -0.139. The van der Waals surface area contributed by atoms with Crippen molar-refractivity contribution in [1.29, 1.82) is 0 Å². The van der Waals surface area contributed by atoms with Gasteiger partial charge in [0, 0.05) is 85.0 Å². The van der Waals surface area contributed by atoms with Gasteiger partial charge in [-0.25, -0.2) is 0 Å². The van der Waals surface area contributed by atoms with Crippen LogP contribution in [0.3, 0.4) is 0 Å². The number of unbranched alkanes of at least 4 members (excludes halogenated alkanes) is 2. The molecular weight excluding hydrogens is 534 g/mol. The van der Waals surface area contributed by atoms with E-state index in [9.17, 15) is 34.2 Å². The van der Waals surface area contributed by atoms with Crippen LogP contribution in [-0.2, 0) is 24.0 Å². The molecule has 14 heteroatoms. The van der Waals surface area contributed by atoms with Crippen LogP contribution in [0.15, 0.2) is 0 Å². The van der Waals surface area contributed by atoms with Crippen LogP contribution >= 0.6 is 0 Å². The molecular formula is C27H51N7O7. The van der Waals surface area contributed by atoms with Gasteiger partial charge in [0.15, 0.2) is 0 Å². The number of aliphatic carboxylic acids is 2. The van der Waals surface area contributed by atoms with Crippen molar-refractivity contribution >= 4 is 30.0 Å². The van der Waals surface area contributed by atoms with E-state index in [4.69, 9.17) is 0 Å². The number of hydrogen-bond acceptors (Lipinski definition) is 10. The predicted molar refractivity (Wildman–Crippen MR) is 155 cm³/mol. The summed E-state index contributed by atoms with van der Waals surface area (Å²) in [6.07, 6.45) is 4.38. The number of carboxylic acids is 2. The zero-order chi connectivity index (χ0) is 30.5. The first-order chi connectivity index (χ1) is 19.6. The first-order valence-electron chi connectivity index (χ1n) is 14.6. The van der Waals surface area contributed by atoms with Crippen LogP contribution in [0.5, 0.6) is 0 Å². The highest BCUT2D eigenvalue weighted by atomic mass is 16.4. The molecule has 1 aliphatic rings. The number of nitrogens with one attached hydrogen (secondary N) is 2. The van der Waals surface area contributed by atoms with Crippen molar-refractivity contribution < 1.29 is 34.2 Å². The van der Waals surface area contributed by atoms with E-state index in [0.717, 1.165) is 25.5 Å². The molecule has 2 amide bonds. The molecule has 14 nitrogen and oxygen atoms in total. The highest BCUT2D eigenvalue weighted by Crippen LogP contribution is 2.01. The van der Waals surface area contributed by atoms with Gasteiger partial charge in [-0.2, -0.15) is 0 Å². The van der Waals surface area contributed by atoms with Crippen LogP contribution in [0.2, 0.25) is 0 Å². The Hall–Kier alpha value is -2.65. The van der Waals surface area contributed by atoms with Crippen molar-refractivity contribution in [3.05, 3.63) is 0 Å². The standard InChI is InChI=1S/C27H51N7O7/c1-3-4-5-7-28-24(36)6-9-30(2)10-8-29-25(37)21-32-15-17-33(22-26(38)39)13-11-31(19-20-35)12-14-34(18-16-32)23-27(40)41/h20H,3-19,21-23H2,1-2H3,(H,28,36)(H,29,37)(H,38,39)(H,40,41). The summed E-state index contributed by atoms with van der Waals surface area (Å²) in [4.78, 5) is 68.0. The van der Waals surface area contributed by atoms with Gasteiger partial charge in [0.05, 0.1) is 26.2 Å². The van der Waals surface area contributed by atoms with E-state index in [-0.39, 0.29) is 38.0 Å². The molecule has 1 rings (SSSR count). The van der Waals surface area contributed by atoms with Gasteiger partial charge >= 0.3 is 11.9 Å². The van der Waals surface area contributed by atoms with Crippen LogP contribution in [0.25, 0.3) is 0 Å². The highest BCUT2D eigenvalue weighted by molar-refractivity contribution is 5.78. The molecule has 0 atom stereocenters. The molecule has 1 fully saturated rings. The normalized spacial score (nSPS) is 17.0. The number of carbonyl (C=O) groups excluding carboxylic acids is 3. The van der Waals surface area contributed by atoms with Crippen LogP contribution in [0.4, 0.5) is 0 Å². The maximum Gasteiger partial charge on any atom is 0.317 e. The maximum atomic E-state index is 12.7. The zero-order valence-corrected chi connectivity index (χ0v) is 24.9. The fraction of sp³-hybridized carbons (Fsp3) is 0.815. The largest absolute Gasteiger partial charge is 0.480 e. The molecule has 1 heterocycles. The lowest BCUT2D eigenvalue weighted by atomic mass is 10.2. The van der Waals surface area contributed by atoms with Gasteiger partial charge in [-0.05, 0) is 13.5 Å². The molecule has 0 unspecified atom stereocenters. The maximum absolute atomic E-state index is 12.7. The molecule has 0 aromatic carbocycles. The van der Waals surface area contributed by atoms with E-state index in [0.29, 0.717) is 85.0 Å². The Morgan fingerprint density at radius 2 is 1.20 bits per heavy atom. The summed E-state index contributed by atoms with van der Waals surface area (Å²) in [6, 6.07) is 0. The topological polar surface area (TPSA) is 166 Å². The third-order valence-corrected chi connectivity index (χ3v) is 6.99. The van der Waals surface area contributed by atoms with Gasteiger partial charge < -0.3 is 30.5 Å². The number of carbonyl (C=O) groups is 5. The Labute approximate surface area is 244 Å². The third-order valence-electron chi connectivity index (χ3n) is 6.99. The van der Waals surface area contributed by atoms with Gasteiger partial charge in [0.25, 0.3) is 0 Å².